The molecule has 0 aromatic heterocycles. The van der Waals surface area contributed by atoms with Crippen molar-refractivity contribution in [2.75, 3.05) is 13.1 Å². The van der Waals surface area contributed by atoms with Gasteiger partial charge in [-0.15, -0.1) is 0 Å². The van der Waals surface area contributed by atoms with Crippen molar-refractivity contribution in [2.24, 2.45) is 0 Å². The zero-order valence-electron chi connectivity index (χ0n) is 19.3. The van der Waals surface area contributed by atoms with Crippen molar-refractivity contribution in [1.29, 1.82) is 10.8 Å². The largest absolute Gasteiger partial charge is 0.451 e. The number of guanidine groups is 2. The van der Waals surface area contributed by atoms with Crippen LogP contribution in [0.3, 0.4) is 0 Å². The van der Waals surface area contributed by atoms with Crippen LogP contribution in [0.5, 0.6) is 0 Å². The molecular formula is C24H23N7O6. The molecular weight excluding hydrogens is 482 g/mol. The maximum Gasteiger partial charge on any atom is 0.338 e. The minimum atomic E-state index is -2.77. The fraction of sp³-hybridized carbons (Fsp3) is 0.292. The van der Waals surface area contributed by atoms with Gasteiger partial charge in [-0.05, 0) is 24.3 Å². The van der Waals surface area contributed by atoms with Gasteiger partial charge in [-0.25, -0.2) is 4.79 Å². The Labute approximate surface area is 210 Å². The Morgan fingerprint density at radius 2 is 1.62 bits per heavy atom. The Kier molecular flexibility index (Phi) is 4.81. The molecule has 4 aliphatic rings. The first-order valence-corrected chi connectivity index (χ1v) is 11.6. The molecule has 190 valence electrons. The Hall–Kier alpha value is -4.49. The molecule has 4 aliphatic heterocycles. The third kappa shape index (κ3) is 3.07. The molecule has 3 saturated heterocycles. The predicted octanol–water partition coefficient (Wildman–Crippen LogP) is -1.40. The van der Waals surface area contributed by atoms with E-state index in [0.29, 0.717) is 0 Å². The second kappa shape index (κ2) is 7.75. The van der Waals surface area contributed by atoms with Crippen molar-refractivity contribution in [3.8, 4) is 0 Å². The van der Waals surface area contributed by atoms with Crippen LogP contribution in [0, 0.1) is 10.8 Å². The van der Waals surface area contributed by atoms with Gasteiger partial charge in [0.05, 0.1) is 41.9 Å². The van der Waals surface area contributed by atoms with Crippen molar-refractivity contribution in [2.45, 2.75) is 29.6 Å². The number of nitrogens with zero attached hydrogens (tertiary/aromatic N) is 2. The van der Waals surface area contributed by atoms with E-state index in [0.717, 1.165) is 4.90 Å². The van der Waals surface area contributed by atoms with Crippen LogP contribution >= 0.6 is 0 Å². The van der Waals surface area contributed by atoms with Gasteiger partial charge in [0.1, 0.15) is 0 Å². The lowest BCUT2D eigenvalue weighted by atomic mass is 9.85. The van der Waals surface area contributed by atoms with Gasteiger partial charge >= 0.3 is 5.97 Å². The summed E-state index contributed by atoms with van der Waals surface area (Å²) in [5, 5.41) is 48.2. The summed E-state index contributed by atoms with van der Waals surface area (Å²) in [6, 6.07) is 12.5. The monoisotopic (exact) mass is 505 g/mol. The molecule has 4 heterocycles. The number of esters is 1. The van der Waals surface area contributed by atoms with Crippen molar-refractivity contribution in [3.63, 3.8) is 0 Å². The number of carbonyl (C=O) groups excluding carboxylic acids is 3. The van der Waals surface area contributed by atoms with Crippen molar-refractivity contribution in [3.05, 3.63) is 71.3 Å². The fourth-order valence-electron chi connectivity index (χ4n) is 5.64. The topological polar surface area (TPSA) is 191 Å². The molecule has 13 nitrogen and oxygen atoms in total. The van der Waals surface area contributed by atoms with E-state index in [1.165, 1.54) is 17.0 Å². The highest BCUT2D eigenvalue weighted by atomic mass is 16.6. The zero-order valence-corrected chi connectivity index (χ0v) is 19.3. The van der Waals surface area contributed by atoms with Gasteiger partial charge < -0.3 is 35.8 Å². The van der Waals surface area contributed by atoms with Crippen molar-refractivity contribution >= 4 is 29.7 Å². The van der Waals surface area contributed by atoms with Gasteiger partial charge in [0.15, 0.2) is 23.7 Å². The number of carbonyl (C=O) groups is 3. The van der Waals surface area contributed by atoms with E-state index < -0.39 is 47.4 Å². The number of rotatable bonds is 4. The lowest BCUT2D eigenvalue weighted by Gasteiger charge is -2.51. The highest BCUT2D eigenvalue weighted by molar-refractivity contribution is 6.21. The summed E-state index contributed by atoms with van der Waals surface area (Å²) in [5.41, 5.74) is -1.18. The first-order valence-electron chi connectivity index (χ1n) is 11.6. The summed E-state index contributed by atoms with van der Waals surface area (Å²) in [5.74, 6) is -5.09. The number of imide groups is 1. The van der Waals surface area contributed by atoms with Gasteiger partial charge in [0, 0.05) is 0 Å². The molecule has 7 N–H and O–H groups in total. The van der Waals surface area contributed by atoms with E-state index in [9.17, 15) is 24.6 Å². The predicted molar refractivity (Wildman–Crippen MR) is 126 cm³/mol. The molecule has 2 amide bonds. The molecule has 37 heavy (non-hydrogen) atoms. The zero-order chi connectivity index (χ0) is 26.1. The smallest absolute Gasteiger partial charge is 0.338 e. The number of hydrogen-bond donors (Lipinski definition) is 7. The average Bonchev–Trinajstić information content (AvgIpc) is 3.44. The molecule has 0 bridgehead atoms. The third-order valence-electron chi connectivity index (χ3n) is 7.36. The summed E-state index contributed by atoms with van der Waals surface area (Å²) >= 11 is 0. The molecule has 4 atom stereocenters. The van der Waals surface area contributed by atoms with Crippen molar-refractivity contribution in [1.82, 2.24) is 25.8 Å². The molecule has 3 unspecified atom stereocenters. The number of fused-ring (bicyclic) bond motifs is 1. The van der Waals surface area contributed by atoms with Crippen LogP contribution in [-0.2, 0) is 4.74 Å². The Morgan fingerprint density at radius 3 is 2.27 bits per heavy atom. The van der Waals surface area contributed by atoms with Crippen LogP contribution in [0.2, 0.25) is 0 Å². The summed E-state index contributed by atoms with van der Waals surface area (Å²) < 4.78 is 5.47. The third-order valence-corrected chi connectivity index (χ3v) is 7.36. The van der Waals surface area contributed by atoms with Gasteiger partial charge in [0.2, 0.25) is 5.79 Å². The summed E-state index contributed by atoms with van der Waals surface area (Å²) in [7, 11) is 0. The number of nitrogens with one attached hydrogen (secondary N) is 5. The average molecular weight is 505 g/mol. The van der Waals surface area contributed by atoms with E-state index in [4.69, 9.17) is 15.6 Å². The minimum Gasteiger partial charge on any atom is -0.451 e. The number of aliphatic hydroxyl groups is 2. The molecule has 2 aromatic rings. The normalized spacial score (nSPS) is 29.2. The minimum absolute atomic E-state index is 0.208. The van der Waals surface area contributed by atoms with E-state index >= 15 is 0 Å². The fourth-order valence-corrected chi connectivity index (χ4v) is 5.64. The first-order chi connectivity index (χ1) is 17.6. The van der Waals surface area contributed by atoms with Crippen LogP contribution in [0.25, 0.3) is 0 Å². The van der Waals surface area contributed by atoms with Gasteiger partial charge in [-0.3, -0.25) is 25.3 Å². The van der Waals surface area contributed by atoms with Gasteiger partial charge in [-0.2, -0.15) is 0 Å². The first kappa shape index (κ1) is 22.9. The molecule has 13 heteroatoms. The lowest BCUT2D eigenvalue weighted by Crippen LogP contribution is -2.81. The Morgan fingerprint density at radius 1 is 1.00 bits per heavy atom. The van der Waals surface area contributed by atoms with Crippen LogP contribution in [-0.4, -0.2) is 92.4 Å². The maximum atomic E-state index is 13.0. The van der Waals surface area contributed by atoms with Crippen LogP contribution in [0.15, 0.2) is 54.6 Å². The Bertz CT molecular complexity index is 1330. The molecule has 3 fully saturated rings. The molecule has 2 aromatic carbocycles. The van der Waals surface area contributed by atoms with E-state index in [1.54, 1.807) is 42.5 Å². The molecule has 1 spiro atoms. The van der Waals surface area contributed by atoms with Gasteiger partial charge in [-0.1, -0.05) is 30.3 Å². The molecule has 0 aliphatic carbocycles. The quantitative estimate of drug-likeness (QED) is 0.148. The van der Waals surface area contributed by atoms with E-state index in [1.807, 2.05) is 0 Å². The highest BCUT2D eigenvalue weighted by Crippen LogP contribution is 2.44. The summed E-state index contributed by atoms with van der Waals surface area (Å²) in [4.78, 5) is 40.9. The van der Waals surface area contributed by atoms with E-state index in [-0.39, 0.29) is 41.7 Å². The van der Waals surface area contributed by atoms with Crippen LogP contribution in [0.4, 0.5) is 0 Å². The molecule has 0 radical (unpaired) electrons. The van der Waals surface area contributed by atoms with Crippen LogP contribution < -0.4 is 16.0 Å². The second-order valence-electron chi connectivity index (χ2n) is 9.35. The Balaban J connectivity index is 1.31. The SMILES string of the molecule is N=C1NC2[C@H](CN3C(=O)c4ccccc4C3=O)NC(=N)N3CC(OC(=O)c4ccccc4)C(O)(O)C23N1. The molecule has 0 saturated carbocycles. The lowest BCUT2D eigenvalue weighted by molar-refractivity contribution is -0.258. The maximum absolute atomic E-state index is 13.0. The second-order valence-corrected chi connectivity index (χ2v) is 9.35. The van der Waals surface area contributed by atoms with Crippen molar-refractivity contribution < 1.29 is 29.3 Å². The molecule has 6 rings (SSSR count). The standard InChI is InChI=1S/C24H23N7O6/c25-21-28-17-15(10-30-18(32)13-8-4-5-9-14(13)19(30)33)27-22(26)31-11-16(24(35,36)23(17,31)29-21)37-20(34)12-6-2-1-3-7-12/h1-9,15-17,35-36H,10-11H2,(H2,26,27)(H3,25,28,29)/t15-,16?,17?,23?/m0/s1. The van der Waals surface area contributed by atoms with Crippen LogP contribution in [0.1, 0.15) is 31.1 Å². The number of ether oxygens (including phenoxy) is 1. The van der Waals surface area contributed by atoms with E-state index in [2.05, 4.69) is 16.0 Å². The summed E-state index contributed by atoms with van der Waals surface area (Å²) in [6.45, 7) is -0.489. The van der Waals surface area contributed by atoms with Gasteiger partial charge in [0.25, 0.3) is 11.8 Å². The number of benzene rings is 2. The highest BCUT2D eigenvalue weighted by Gasteiger charge is 2.75. The summed E-state index contributed by atoms with van der Waals surface area (Å²) in [6.07, 6.45) is -1.50. The number of hydrogen-bond acceptors (Lipinski definition) is 8. The number of amides is 2.